The molecular formula is C9H7S. The molecule has 0 amide bonds. The first kappa shape index (κ1) is 5.93. The zero-order chi connectivity index (χ0) is 6.97. The molecule has 0 spiro atoms. The molecule has 0 N–H and O–H groups in total. The molecule has 0 aliphatic heterocycles. The Morgan fingerprint density at radius 1 is 1.40 bits per heavy atom. The van der Waals surface area contributed by atoms with Crippen molar-refractivity contribution in [2.75, 3.05) is 0 Å². The summed E-state index contributed by atoms with van der Waals surface area (Å²) in [6.07, 6.45) is 0. The second kappa shape index (κ2) is 2.10. The van der Waals surface area contributed by atoms with Gasteiger partial charge in [-0.2, -0.15) is 0 Å². The standard InChI is InChI=1S/C9H7S/c1-7-3-2-4-9-8(7)5-6-10-9/h2-3,5-6H,1H3. The van der Waals surface area contributed by atoms with Gasteiger partial charge in [-0.3, -0.25) is 0 Å². The molecule has 0 bridgehead atoms. The van der Waals surface area contributed by atoms with E-state index < -0.39 is 0 Å². The van der Waals surface area contributed by atoms with Crippen LogP contribution in [0.15, 0.2) is 23.6 Å². The Hall–Kier alpha value is -0.820. The zero-order valence-electron chi connectivity index (χ0n) is 5.72. The summed E-state index contributed by atoms with van der Waals surface area (Å²) in [6.45, 7) is 2.13. The van der Waals surface area contributed by atoms with Crippen molar-refractivity contribution in [1.82, 2.24) is 0 Å². The Morgan fingerprint density at radius 2 is 2.30 bits per heavy atom. The first-order valence-electron chi connectivity index (χ1n) is 3.22. The third kappa shape index (κ3) is 0.745. The zero-order valence-corrected chi connectivity index (χ0v) is 6.53. The molecule has 10 heavy (non-hydrogen) atoms. The average molecular weight is 147 g/mol. The fourth-order valence-electron chi connectivity index (χ4n) is 1.06. The van der Waals surface area contributed by atoms with E-state index in [0.717, 1.165) is 0 Å². The highest BCUT2D eigenvalue weighted by atomic mass is 32.1. The maximum Gasteiger partial charge on any atom is 0.0424 e. The van der Waals surface area contributed by atoms with E-state index in [1.165, 1.54) is 15.6 Å². The smallest absolute Gasteiger partial charge is 0.0424 e. The largest absolute Gasteiger partial charge is 0.143 e. The van der Waals surface area contributed by atoms with E-state index in [-0.39, 0.29) is 0 Å². The first-order valence-corrected chi connectivity index (χ1v) is 4.10. The van der Waals surface area contributed by atoms with Gasteiger partial charge >= 0.3 is 0 Å². The van der Waals surface area contributed by atoms with E-state index >= 15 is 0 Å². The Balaban J connectivity index is 2.95. The van der Waals surface area contributed by atoms with Crippen LogP contribution in [0.3, 0.4) is 0 Å². The third-order valence-corrected chi connectivity index (χ3v) is 2.48. The molecule has 1 aromatic carbocycles. The van der Waals surface area contributed by atoms with Gasteiger partial charge in [-0.25, -0.2) is 0 Å². The highest BCUT2D eigenvalue weighted by Crippen LogP contribution is 2.22. The topological polar surface area (TPSA) is 0 Å². The van der Waals surface area contributed by atoms with Gasteiger partial charge in [0.25, 0.3) is 0 Å². The summed E-state index contributed by atoms with van der Waals surface area (Å²) >= 11 is 1.75. The van der Waals surface area contributed by atoms with Gasteiger partial charge in [0, 0.05) is 10.8 Å². The number of benzene rings is 1. The van der Waals surface area contributed by atoms with Crippen molar-refractivity contribution in [2.45, 2.75) is 6.92 Å². The lowest BCUT2D eigenvalue weighted by atomic mass is 10.2. The molecule has 1 heteroatoms. The summed E-state index contributed by atoms with van der Waals surface area (Å²) in [6, 6.07) is 9.41. The molecule has 0 atom stereocenters. The van der Waals surface area contributed by atoms with Crippen LogP contribution in [-0.2, 0) is 0 Å². The molecule has 2 aromatic rings. The Bertz CT molecular complexity index is 346. The van der Waals surface area contributed by atoms with E-state index in [4.69, 9.17) is 0 Å². The van der Waals surface area contributed by atoms with Crippen LogP contribution in [0.4, 0.5) is 0 Å². The number of fused-ring (bicyclic) bond motifs is 1. The molecule has 0 nitrogen and oxygen atoms in total. The summed E-state index contributed by atoms with van der Waals surface area (Å²) in [7, 11) is 0. The van der Waals surface area contributed by atoms with Gasteiger partial charge < -0.3 is 0 Å². The molecule has 1 aromatic heterocycles. The molecule has 0 saturated carbocycles. The molecule has 0 unspecified atom stereocenters. The Morgan fingerprint density at radius 3 is 3.10 bits per heavy atom. The normalized spacial score (nSPS) is 10.5. The third-order valence-electron chi connectivity index (χ3n) is 1.64. The predicted octanol–water partition coefficient (Wildman–Crippen LogP) is 3.01. The molecule has 49 valence electrons. The van der Waals surface area contributed by atoms with Gasteiger partial charge in [0.05, 0.1) is 0 Å². The van der Waals surface area contributed by atoms with Gasteiger partial charge in [-0.05, 0) is 29.3 Å². The lowest BCUT2D eigenvalue weighted by molar-refractivity contribution is 1.55. The second-order valence-corrected chi connectivity index (χ2v) is 3.24. The van der Waals surface area contributed by atoms with Crippen molar-refractivity contribution in [1.29, 1.82) is 0 Å². The van der Waals surface area contributed by atoms with E-state index in [2.05, 4.69) is 30.5 Å². The van der Waals surface area contributed by atoms with E-state index in [1.54, 1.807) is 11.3 Å². The molecular weight excluding hydrogens is 140 g/mol. The maximum atomic E-state index is 3.19. The van der Waals surface area contributed by atoms with Crippen LogP contribution < -0.4 is 0 Å². The second-order valence-electron chi connectivity index (χ2n) is 2.32. The molecule has 1 radical (unpaired) electrons. The van der Waals surface area contributed by atoms with Crippen LogP contribution in [-0.4, -0.2) is 0 Å². The minimum absolute atomic E-state index is 1.26. The van der Waals surface area contributed by atoms with Crippen LogP contribution >= 0.6 is 11.3 Å². The van der Waals surface area contributed by atoms with Gasteiger partial charge in [0.1, 0.15) is 0 Å². The lowest BCUT2D eigenvalue weighted by Crippen LogP contribution is -1.69. The highest BCUT2D eigenvalue weighted by molar-refractivity contribution is 7.17. The molecule has 2 rings (SSSR count). The monoisotopic (exact) mass is 147 g/mol. The van der Waals surface area contributed by atoms with Crippen LogP contribution in [0.5, 0.6) is 0 Å². The molecule has 0 aliphatic carbocycles. The van der Waals surface area contributed by atoms with Gasteiger partial charge in [0.15, 0.2) is 0 Å². The summed E-state index contributed by atoms with van der Waals surface area (Å²) in [4.78, 5) is 0. The lowest BCUT2D eigenvalue weighted by Gasteiger charge is -1.91. The van der Waals surface area contributed by atoms with E-state index in [9.17, 15) is 0 Å². The molecule has 0 aliphatic rings. The summed E-state index contributed by atoms with van der Waals surface area (Å²) in [5.74, 6) is 0. The summed E-state index contributed by atoms with van der Waals surface area (Å²) in [5, 5.41) is 3.45. The quantitative estimate of drug-likeness (QED) is 0.537. The van der Waals surface area contributed by atoms with Crippen LogP contribution in [0.2, 0.25) is 0 Å². The van der Waals surface area contributed by atoms with Gasteiger partial charge in [-0.1, -0.05) is 12.1 Å². The number of hydrogen-bond acceptors (Lipinski definition) is 1. The first-order chi connectivity index (χ1) is 4.88. The summed E-state index contributed by atoms with van der Waals surface area (Å²) in [5.41, 5.74) is 1.34. The number of aryl methyl sites for hydroxylation is 1. The van der Waals surface area contributed by atoms with Gasteiger partial charge in [0.2, 0.25) is 0 Å². The molecule has 1 heterocycles. The van der Waals surface area contributed by atoms with E-state index in [1.807, 2.05) is 6.07 Å². The fourth-order valence-corrected chi connectivity index (χ4v) is 1.90. The van der Waals surface area contributed by atoms with Crippen molar-refractivity contribution < 1.29 is 0 Å². The maximum absolute atomic E-state index is 3.19. The van der Waals surface area contributed by atoms with Crippen LogP contribution in [0.1, 0.15) is 5.56 Å². The Labute approximate surface area is 64.1 Å². The van der Waals surface area contributed by atoms with Crippen molar-refractivity contribution in [3.05, 3.63) is 35.2 Å². The van der Waals surface area contributed by atoms with Crippen molar-refractivity contribution in [2.24, 2.45) is 0 Å². The fraction of sp³-hybridized carbons (Fsp3) is 0.111. The van der Waals surface area contributed by atoms with Crippen molar-refractivity contribution in [3.8, 4) is 0 Å². The predicted molar refractivity (Wildman–Crippen MR) is 45.4 cm³/mol. The number of thiophene rings is 1. The van der Waals surface area contributed by atoms with Crippen LogP contribution in [0.25, 0.3) is 10.1 Å². The summed E-state index contributed by atoms with van der Waals surface area (Å²) < 4.78 is 1.26. The minimum atomic E-state index is 1.26. The van der Waals surface area contributed by atoms with Crippen molar-refractivity contribution in [3.63, 3.8) is 0 Å². The SMILES string of the molecule is Cc1cc[c]c2sccc12. The minimum Gasteiger partial charge on any atom is -0.143 e. The Kier molecular flexibility index (Phi) is 1.24. The average Bonchev–Trinajstić information content (AvgIpc) is 2.36. The molecule has 0 fully saturated rings. The van der Waals surface area contributed by atoms with Crippen LogP contribution in [0, 0.1) is 13.0 Å². The highest BCUT2D eigenvalue weighted by Gasteiger charge is 1.94. The van der Waals surface area contributed by atoms with E-state index in [0.29, 0.717) is 0 Å². The van der Waals surface area contributed by atoms with Crippen molar-refractivity contribution >= 4 is 21.4 Å². The number of rotatable bonds is 0. The van der Waals surface area contributed by atoms with Gasteiger partial charge in [-0.15, -0.1) is 11.3 Å². The molecule has 0 saturated heterocycles. The number of hydrogen-bond donors (Lipinski definition) is 0.